The second-order valence-corrected chi connectivity index (χ2v) is 8.93. The van der Waals surface area contributed by atoms with Gasteiger partial charge in [-0.3, -0.25) is 14.5 Å². The number of likely N-dealkylation sites (tertiary alicyclic amines) is 1. The predicted octanol–water partition coefficient (Wildman–Crippen LogP) is 2.24. The molecule has 0 bridgehead atoms. The average Bonchev–Trinajstić information content (AvgIpc) is 3.11. The second-order valence-electron chi connectivity index (χ2n) is 8.93. The molecule has 0 aromatic rings. The van der Waals surface area contributed by atoms with E-state index in [1.54, 1.807) is 0 Å². The predicted molar refractivity (Wildman–Crippen MR) is 112 cm³/mol. The van der Waals surface area contributed by atoms with Crippen LogP contribution in [0.2, 0.25) is 0 Å². The van der Waals surface area contributed by atoms with Crippen LogP contribution in [0.4, 0.5) is 13.2 Å². The van der Waals surface area contributed by atoms with Gasteiger partial charge in [-0.05, 0) is 24.8 Å². The Kier molecular flexibility index (Phi) is 6.95. The van der Waals surface area contributed by atoms with Crippen LogP contribution in [0.3, 0.4) is 0 Å². The van der Waals surface area contributed by atoms with Crippen molar-refractivity contribution >= 4 is 11.8 Å². The van der Waals surface area contributed by atoms with E-state index in [0.29, 0.717) is 18.5 Å². The summed E-state index contributed by atoms with van der Waals surface area (Å²) in [7, 11) is 0. The Morgan fingerprint density at radius 3 is 2.58 bits per heavy atom. The van der Waals surface area contributed by atoms with Crippen LogP contribution < -0.4 is 16.4 Å². The van der Waals surface area contributed by atoms with Crippen molar-refractivity contribution in [1.82, 2.24) is 15.5 Å². The molecule has 1 heterocycles. The molecule has 2 aliphatic carbocycles. The molecule has 0 spiro atoms. The number of nitrogens with zero attached hydrogens (tertiary/aromatic N) is 1. The van der Waals surface area contributed by atoms with Gasteiger partial charge in [0.15, 0.2) is 0 Å². The number of nitrogens with two attached hydrogens (primary N) is 1. The maximum Gasteiger partial charge on any atom is 0.416 e. The summed E-state index contributed by atoms with van der Waals surface area (Å²) in [4.78, 5) is 26.8. The van der Waals surface area contributed by atoms with Crippen LogP contribution in [0, 0.1) is 17.8 Å². The summed E-state index contributed by atoms with van der Waals surface area (Å²) >= 11 is 0. The highest BCUT2D eigenvalue weighted by atomic mass is 19.4. The number of halogens is 3. The van der Waals surface area contributed by atoms with Gasteiger partial charge in [0.2, 0.25) is 11.8 Å². The maximum absolute atomic E-state index is 12.7. The van der Waals surface area contributed by atoms with E-state index in [1.165, 1.54) is 25.7 Å². The first-order chi connectivity index (χ1) is 14.6. The number of allylic oxidation sites excluding steroid dienone is 4. The molecule has 1 saturated heterocycles. The number of hydrogen-bond donors (Lipinski definition) is 3. The van der Waals surface area contributed by atoms with E-state index in [2.05, 4.69) is 29.0 Å². The minimum absolute atomic E-state index is 0.0861. The third-order valence-corrected chi connectivity index (χ3v) is 6.84. The maximum atomic E-state index is 12.7. The molecule has 3 fully saturated rings. The van der Waals surface area contributed by atoms with Gasteiger partial charge in [-0.15, -0.1) is 0 Å². The quantitative estimate of drug-likeness (QED) is 0.530. The van der Waals surface area contributed by atoms with Crippen molar-refractivity contribution in [2.45, 2.75) is 50.4 Å². The van der Waals surface area contributed by atoms with Gasteiger partial charge in [0.1, 0.15) is 0 Å². The number of hydrogen-bond acceptors (Lipinski definition) is 4. The Labute approximate surface area is 180 Å². The van der Waals surface area contributed by atoms with Crippen LogP contribution >= 0.6 is 0 Å². The molecular weight excluding hydrogens is 409 g/mol. The number of rotatable bonds is 7. The molecule has 4 unspecified atom stereocenters. The van der Waals surface area contributed by atoms with Crippen LogP contribution in [0.15, 0.2) is 36.6 Å². The van der Waals surface area contributed by atoms with Gasteiger partial charge >= 0.3 is 6.18 Å². The van der Waals surface area contributed by atoms with Gasteiger partial charge in [-0.1, -0.05) is 38.5 Å². The van der Waals surface area contributed by atoms with Crippen molar-refractivity contribution in [2.24, 2.45) is 23.5 Å². The van der Waals surface area contributed by atoms with Gasteiger partial charge in [0.05, 0.1) is 18.0 Å². The zero-order valence-corrected chi connectivity index (χ0v) is 17.8. The molecule has 6 nitrogen and oxygen atoms in total. The van der Waals surface area contributed by atoms with Crippen molar-refractivity contribution < 1.29 is 22.8 Å². The molecule has 0 aromatic carbocycles. The summed E-state index contributed by atoms with van der Waals surface area (Å²) in [6, 6.07) is 0.528. The number of carbonyl (C=O) groups excluding carboxylic acids is 2. The molecule has 4 N–H and O–H groups in total. The fraction of sp³-hybridized carbons (Fsp3) is 0.636. The van der Waals surface area contributed by atoms with Crippen molar-refractivity contribution in [3.8, 4) is 0 Å². The molecular formula is C22H31F3N4O2. The summed E-state index contributed by atoms with van der Waals surface area (Å²) in [5.41, 5.74) is 5.00. The highest BCUT2D eigenvalue weighted by Crippen LogP contribution is 2.55. The van der Waals surface area contributed by atoms with Gasteiger partial charge in [0.25, 0.3) is 0 Å². The lowest BCUT2D eigenvalue weighted by Gasteiger charge is -2.38. The van der Waals surface area contributed by atoms with E-state index in [1.807, 2.05) is 0 Å². The Bertz CT molecular complexity index is 779. The standard InChI is InChI=1S/C22H31F3N4O2/c1-3-6-15(22(23,24)25)9-10-27-18(30)11-28-20(31)19-16-12-29(13-21(16,19)26)17-8-5-4-7-14(17)2/h3,6,9-10,14,16-17,19H,1,4-5,7-8,11-13,26H2,2H3,(H,27,30)(H,28,31)/b10-9+,15-6+/t14?,16?,17?,19-,21?/m0/s1. The lowest BCUT2D eigenvalue weighted by molar-refractivity contribution is -0.127. The molecule has 1 aliphatic heterocycles. The molecule has 0 aromatic heterocycles. The zero-order valence-electron chi connectivity index (χ0n) is 17.8. The smallest absolute Gasteiger partial charge is 0.347 e. The first-order valence-corrected chi connectivity index (χ1v) is 10.7. The lowest BCUT2D eigenvalue weighted by atomic mass is 9.85. The Balaban J connectivity index is 1.43. The van der Waals surface area contributed by atoms with Crippen molar-refractivity contribution in [1.29, 1.82) is 0 Å². The van der Waals surface area contributed by atoms with E-state index >= 15 is 0 Å². The van der Waals surface area contributed by atoms with Crippen LogP contribution in [0.5, 0.6) is 0 Å². The highest BCUT2D eigenvalue weighted by molar-refractivity contribution is 5.89. The van der Waals surface area contributed by atoms with Crippen LogP contribution in [0.1, 0.15) is 32.6 Å². The summed E-state index contributed by atoms with van der Waals surface area (Å²) in [5, 5.41) is 4.78. The third kappa shape index (κ3) is 5.20. The number of carbonyl (C=O) groups is 2. The molecule has 0 radical (unpaired) electrons. The van der Waals surface area contributed by atoms with E-state index in [4.69, 9.17) is 5.73 Å². The molecule has 2 saturated carbocycles. The largest absolute Gasteiger partial charge is 0.416 e. The fourth-order valence-corrected chi connectivity index (χ4v) is 5.14. The monoisotopic (exact) mass is 440 g/mol. The van der Waals surface area contributed by atoms with E-state index < -0.39 is 23.2 Å². The molecule has 31 heavy (non-hydrogen) atoms. The molecule has 5 atom stereocenters. The zero-order chi connectivity index (χ0) is 22.8. The minimum Gasteiger partial charge on any atom is -0.347 e. The summed E-state index contributed by atoms with van der Waals surface area (Å²) in [5.74, 6) is -0.482. The highest BCUT2D eigenvalue weighted by Gasteiger charge is 2.70. The van der Waals surface area contributed by atoms with Crippen molar-refractivity contribution in [2.75, 3.05) is 19.6 Å². The summed E-state index contributed by atoms with van der Waals surface area (Å²) < 4.78 is 38.2. The normalized spacial score (nSPS) is 33.8. The molecule has 2 amide bonds. The minimum atomic E-state index is -4.55. The van der Waals surface area contributed by atoms with E-state index in [9.17, 15) is 22.8 Å². The molecule has 3 aliphatic rings. The first-order valence-electron chi connectivity index (χ1n) is 10.7. The van der Waals surface area contributed by atoms with Crippen molar-refractivity contribution in [3.63, 3.8) is 0 Å². The van der Waals surface area contributed by atoms with Crippen LogP contribution in [-0.2, 0) is 9.59 Å². The number of amides is 2. The van der Waals surface area contributed by atoms with Gasteiger partial charge < -0.3 is 16.4 Å². The molecule has 3 rings (SSSR count). The average molecular weight is 441 g/mol. The fourth-order valence-electron chi connectivity index (χ4n) is 5.14. The first kappa shape index (κ1) is 23.5. The lowest BCUT2D eigenvalue weighted by Crippen LogP contribution is -2.47. The topological polar surface area (TPSA) is 87.5 Å². The number of piperidine rings is 1. The van der Waals surface area contributed by atoms with Crippen molar-refractivity contribution in [3.05, 3.63) is 36.6 Å². The SMILES string of the molecule is C=C/C=C(\C=C\NC(=O)CNC(=O)[C@@H]1C2CN(C3CCCCC3C)CC21N)C(F)(F)F. The summed E-state index contributed by atoms with van der Waals surface area (Å²) in [6.45, 7) is 6.68. The third-order valence-electron chi connectivity index (χ3n) is 6.84. The van der Waals surface area contributed by atoms with E-state index in [-0.39, 0.29) is 24.3 Å². The van der Waals surface area contributed by atoms with Gasteiger partial charge in [-0.25, -0.2) is 0 Å². The Morgan fingerprint density at radius 1 is 1.29 bits per heavy atom. The van der Waals surface area contributed by atoms with E-state index in [0.717, 1.165) is 31.0 Å². The number of fused-ring (bicyclic) bond motifs is 1. The second kappa shape index (κ2) is 9.16. The summed E-state index contributed by atoms with van der Waals surface area (Å²) in [6.07, 6.45) is 3.81. The van der Waals surface area contributed by atoms with Gasteiger partial charge in [0, 0.05) is 36.8 Å². The molecule has 172 valence electrons. The molecule has 9 heteroatoms. The number of nitrogens with one attached hydrogen (secondary N) is 2. The Morgan fingerprint density at radius 2 is 2.00 bits per heavy atom. The van der Waals surface area contributed by atoms with Crippen LogP contribution in [-0.4, -0.2) is 54.1 Å². The Hall–Kier alpha value is -2.13. The van der Waals surface area contributed by atoms with Crippen LogP contribution in [0.25, 0.3) is 0 Å². The number of alkyl halides is 3. The van der Waals surface area contributed by atoms with Gasteiger partial charge in [-0.2, -0.15) is 13.2 Å².